The molecule has 1 heterocycles. The van der Waals surface area contributed by atoms with Crippen molar-refractivity contribution in [2.75, 3.05) is 7.11 Å². The molecule has 0 spiro atoms. The molecule has 1 aromatic rings. The molecular weight excluding hydrogens is 401 g/mol. The Kier molecular flexibility index (Phi) is 5.66. The maximum Gasteiger partial charge on any atom is 0.346 e. The van der Waals surface area contributed by atoms with Gasteiger partial charge in [0.25, 0.3) is 3.79 Å². The Labute approximate surface area is 157 Å². The third-order valence-electron chi connectivity index (χ3n) is 4.34. The van der Waals surface area contributed by atoms with E-state index >= 15 is 0 Å². The topological polar surface area (TPSA) is 115 Å². The molecule has 1 saturated carbocycles. The monoisotopic (exact) mass is 415 g/mol. The fourth-order valence-corrected chi connectivity index (χ4v) is 4.36. The summed E-state index contributed by atoms with van der Waals surface area (Å²) in [7, 11) is 1.10. The van der Waals surface area contributed by atoms with Crippen molar-refractivity contribution >= 4 is 58.2 Å². The van der Waals surface area contributed by atoms with Gasteiger partial charge in [0.05, 0.1) is 12.5 Å². The van der Waals surface area contributed by atoms with Gasteiger partial charge in [0, 0.05) is 0 Å². The Hall–Kier alpha value is -0.670. The van der Waals surface area contributed by atoms with Gasteiger partial charge < -0.3 is 15.6 Å². The predicted molar refractivity (Wildman–Crippen MR) is 89.8 cm³/mol. The van der Waals surface area contributed by atoms with E-state index in [4.69, 9.17) is 45.3 Å². The number of nitrogens with zero attached hydrogens (tertiary/aromatic N) is 2. The predicted octanol–water partition coefficient (Wildman–Crippen LogP) is 2.16. The van der Waals surface area contributed by atoms with Gasteiger partial charge in [-0.05, 0) is 24.4 Å². The highest BCUT2D eigenvalue weighted by atomic mass is 35.6. The Morgan fingerprint density at radius 3 is 2.29 bits per heavy atom. The van der Waals surface area contributed by atoms with Crippen molar-refractivity contribution in [2.45, 2.75) is 41.5 Å². The van der Waals surface area contributed by atoms with Crippen molar-refractivity contribution < 1.29 is 19.4 Å². The molecule has 24 heavy (non-hydrogen) atoms. The average molecular weight is 417 g/mol. The number of amides is 1. The lowest BCUT2D eigenvalue weighted by molar-refractivity contribution is -0.190. The van der Waals surface area contributed by atoms with Crippen LogP contribution in [0.3, 0.4) is 0 Å². The molecular formula is C13H16Cl3N3O4S. The maximum atomic E-state index is 12.5. The summed E-state index contributed by atoms with van der Waals surface area (Å²) in [6, 6.07) is 0. The van der Waals surface area contributed by atoms with Crippen LogP contribution in [-0.2, 0) is 23.7 Å². The van der Waals surface area contributed by atoms with Gasteiger partial charge in [0.1, 0.15) is 0 Å². The quantitative estimate of drug-likeness (QED) is 0.574. The average Bonchev–Trinajstić information content (AvgIpc) is 3.04. The fraction of sp³-hybridized carbons (Fsp3) is 0.692. The number of primary amides is 1. The van der Waals surface area contributed by atoms with Gasteiger partial charge in [-0.3, -0.25) is 4.79 Å². The highest BCUT2D eigenvalue weighted by Gasteiger charge is 2.63. The van der Waals surface area contributed by atoms with Gasteiger partial charge in [0.15, 0.2) is 10.8 Å². The van der Waals surface area contributed by atoms with Crippen LogP contribution in [0.4, 0.5) is 0 Å². The highest BCUT2D eigenvalue weighted by Crippen LogP contribution is 2.51. The van der Waals surface area contributed by atoms with Gasteiger partial charge in [-0.2, -0.15) is 4.37 Å². The van der Waals surface area contributed by atoms with Crippen LogP contribution >= 0.6 is 46.3 Å². The van der Waals surface area contributed by atoms with Crippen molar-refractivity contribution in [3.63, 3.8) is 0 Å². The first kappa shape index (κ1) is 19.7. The molecule has 1 aliphatic rings. The summed E-state index contributed by atoms with van der Waals surface area (Å²) in [4.78, 5) is 28.7. The minimum atomic E-state index is -2.39. The smallest absolute Gasteiger partial charge is 0.346 e. The first-order valence-electron chi connectivity index (χ1n) is 7.11. The van der Waals surface area contributed by atoms with Gasteiger partial charge >= 0.3 is 5.97 Å². The second-order valence-corrected chi connectivity index (χ2v) is 8.66. The summed E-state index contributed by atoms with van der Waals surface area (Å²) in [6.45, 7) is 0. The van der Waals surface area contributed by atoms with E-state index in [1.807, 2.05) is 0 Å². The van der Waals surface area contributed by atoms with E-state index in [1.54, 1.807) is 0 Å². The van der Waals surface area contributed by atoms with Crippen molar-refractivity contribution in [3.8, 4) is 0 Å². The SMILES string of the molecule is COC(=O)C(O)(c1nc(C(Cl)(Cl)Cl)ns1)C1(C(N)=O)CCCCC1. The van der Waals surface area contributed by atoms with Crippen molar-refractivity contribution in [1.29, 1.82) is 0 Å². The highest BCUT2D eigenvalue weighted by molar-refractivity contribution is 7.05. The molecule has 1 unspecified atom stereocenters. The zero-order valence-electron chi connectivity index (χ0n) is 12.7. The lowest BCUT2D eigenvalue weighted by Crippen LogP contribution is -2.59. The molecule has 1 fully saturated rings. The third-order valence-corrected chi connectivity index (χ3v) is 5.67. The van der Waals surface area contributed by atoms with Gasteiger partial charge in [0.2, 0.25) is 11.5 Å². The Morgan fingerprint density at radius 2 is 1.88 bits per heavy atom. The number of aromatic nitrogens is 2. The summed E-state index contributed by atoms with van der Waals surface area (Å²) in [5.41, 5.74) is 1.64. The molecule has 11 heteroatoms. The first-order chi connectivity index (χ1) is 11.1. The third kappa shape index (κ3) is 3.10. The van der Waals surface area contributed by atoms with Crippen molar-refractivity contribution in [1.82, 2.24) is 9.36 Å². The van der Waals surface area contributed by atoms with Gasteiger partial charge in [-0.25, -0.2) is 9.78 Å². The molecule has 0 aromatic carbocycles. The summed E-state index contributed by atoms with van der Waals surface area (Å²) < 4.78 is 6.67. The molecule has 2 rings (SSSR count). The standard InChI is InChI=1S/C13H16Cl3N3O4S/c1-23-10(21)12(22,9-18-8(19-24-9)13(14,15)16)11(7(17)20)5-3-2-4-6-11/h22H,2-6H2,1H3,(H2,17,20). The van der Waals surface area contributed by atoms with Crippen LogP contribution in [0, 0.1) is 5.41 Å². The summed E-state index contributed by atoms with van der Waals surface area (Å²) >= 11 is 17.9. The van der Waals surface area contributed by atoms with E-state index in [0.29, 0.717) is 24.4 Å². The number of aliphatic hydroxyl groups is 1. The molecule has 1 amide bonds. The molecule has 1 atom stereocenters. The number of hydrogen-bond donors (Lipinski definition) is 2. The van der Waals surface area contributed by atoms with Crippen LogP contribution in [-0.4, -0.2) is 33.5 Å². The molecule has 1 aromatic heterocycles. The van der Waals surface area contributed by atoms with E-state index in [-0.39, 0.29) is 23.7 Å². The number of nitrogens with two attached hydrogens (primary N) is 1. The molecule has 134 valence electrons. The lowest BCUT2D eigenvalue weighted by atomic mass is 9.62. The van der Waals surface area contributed by atoms with Crippen LogP contribution in [0.1, 0.15) is 42.9 Å². The Bertz CT molecular complexity index is 643. The minimum absolute atomic E-state index is 0.184. The summed E-state index contributed by atoms with van der Waals surface area (Å²) in [6.07, 6.45) is 2.55. The zero-order valence-corrected chi connectivity index (χ0v) is 15.8. The second kappa shape index (κ2) is 6.92. The van der Waals surface area contributed by atoms with E-state index < -0.39 is 26.7 Å². The zero-order chi connectivity index (χ0) is 18.2. The van der Waals surface area contributed by atoms with Gasteiger partial charge in [-0.1, -0.05) is 54.1 Å². The van der Waals surface area contributed by atoms with E-state index in [2.05, 4.69) is 9.36 Å². The number of methoxy groups -OCH3 is 1. The second-order valence-electron chi connectivity index (χ2n) is 5.63. The lowest BCUT2D eigenvalue weighted by Gasteiger charge is -2.43. The fourth-order valence-electron chi connectivity index (χ4n) is 3.06. The molecule has 3 N–H and O–H groups in total. The molecule has 0 bridgehead atoms. The minimum Gasteiger partial charge on any atom is -0.467 e. The number of alkyl halides is 3. The Morgan fingerprint density at radius 1 is 1.29 bits per heavy atom. The maximum absolute atomic E-state index is 12.5. The van der Waals surface area contributed by atoms with Crippen LogP contribution in [0.15, 0.2) is 0 Å². The van der Waals surface area contributed by atoms with Crippen LogP contribution in [0.2, 0.25) is 0 Å². The van der Waals surface area contributed by atoms with Crippen LogP contribution in [0.5, 0.6) is 0 Å². The summed E-state index contributed by atoms with van der Waals surface area (Å²) in [5.74, 6) is -2.05. The van der Waals surface area contributed by atoms with Gasteiger partial charge in [-0.15, -0.1) is 0 Å². The van der Waals surface area contributed by atoms with Crippen molar-refractivity contribution in [3.05, 3.63) is 10.8 Å². The van der Waals surface area contributed by atoms with Crippen molar-refractivity contribution in [2.24, 2.45) is 11.1 Å². The number of rotatable bonds is 4. The molecule has 0 radical (unpaired) electrons. The molecule has 0 aliphatic heterocycles. The normalized spacial score (nSPS) is 20.2. The first-order valence-corrected chi connectivity index (χ1v) is 9.02. The number of ether oxygens (including phenoxy) is 1. The number of hydrogen-bond acceptors (Lipinski definition) is 7. The molecule has 1 aliphatic carbocycles. The van der Waals surface area contributed by atoms with Crippen LogP contribution in [0.25, 0.3) is 0 Å². The van der Waals surface area contributed by atoms with E-state index in [9.17, 15) is 14.7 Å². The molecule has 0 saturated heterocycles. The Balaban J connectivity index is 2.63. The number of esters is 1. The number of carbonyl (C=O) groups is 2. The number of halogens is 3. The van der Waals surface area contributed by atoms with E-state index in [0.717, 1.165) is 13.5 Å². The molecule has 7 nitrogen and oxygen atoms in total. The largest absolute Gasteiger partial charge is 0.467 e. The number of carbonyl (C=O) groups excluding carboxylic acids is 2. The van der Waals surface area contributed by atoms with E-state index in [1.165, 1.54) is 0 Å². The summed E-state index contributed by atoms with van der Waals surface area (Å²) in [5, 5.41) is 11.1. The van der Waals surface area contributed by atoms with Crippen LogP contribution < -0.4 is 5.73 Å².